The lowest BCUT2D eigenvalue weighted by Crippen LogP contribution is -2.42. The fourth-order valence-electron chi connectivity index (χ4n) is 5.43. The van der Waals surface area contributed by atoms with Gasteiger partial charge in [0.2, 0.25) is 0 Å². The predicted molar refractivity (Wildman–Crippen MR) is 137 cm³/mol. The number of likely N-dealkylation sites (tertiary alicyclic amines) is 1. The molecule has 1 fully saturated rings. The molecule has 0 aliphatic carbocycles. The summed E-state index contributed by atoms with van der Waals surface area (Å²) >= 11 is 0. The monoisotopic (exact) mass is 534 g/mol. The van der Waals surface area contributed by atoms with Crippen LogP contribution in [0.1, 0.15) is 55.0 Å². The third-order valence-electron chi connectivity index (χ3n) is 7.85. The summed E-state index contributed by atoms with van der Waals surface area (Å²) in [6.45, 7) is 1.78. The van der Waals surface area contributed by atoms with E-state index in [0.717, 1.165) is 25.2 Å². The SMILES string of the molecule is COc1ccc2ncc(CO)c([C@@H](F)CCC3(CO)CCN(CCCc4cc(F)c(F)c(F)c4)CC3)c2c1. The molecule has 0 radical (unpaired) electrons. The average Bonchev–Trinajstić information content (AvgIpc) is 2.94. The average molecular weight is 535 g/mol. The Bertz CT molecular complexity index is 1220. The number of aromatic nitrogens is 1. The van der Waals surface area contributed by atoms with Gasteiger partial charge in [0.15, 0.2) is 17.5 Å². The van der Waals surface area contributed by atoms with Gasteiger partial charge in [0.1, 0.15) is 11.9 Å². The third-order valence-corrected chi connectivity index (χ3v) is 7.85. The van der Waals surface area contributed by atoms with Crippen LogP contribution in [-0.2, 0) is 13.0 Å². The molecule has 38 heavy (non-hydrogen) atoms. The van der Waals surface area contributed by atoms with Gasteiger partial charge in [0, 0.05) is 29.3 Å². The van der Waals surface area contributed by atoms with Crippen molar-refractivity contribution in [2.75, 3.05) is 33.4 Å². The minimum Gasteiger partial charge on any atom is -0.497 e. The lowest BCUT2D eigenvalue weighted by molar-refractivity contribution is 0.0299. The van der Waals surface area contributed by atoms with E-state index in [1.165, 1.54) is 13.3 Å². The normalized spacial score (nSPS) is 16.6. The summed E-state index contributed by atoms with van der Waals surface area (Å²) in [5.41, 5.74) is 1.49. The van der Waals surface area contributed by atoms with Crippen LogP contribution in [0.3, 0.4) is 0 Å². The van der Waals surface area contributed by atoms with Gasteiger partial charge < -0.3 is 19.8 Å². The molecule has 2 aromatic carbocycles. The lowest BCUT2D eigenvalue weighted by atomic mass is 9.74. The van der Waals surface area contributed by atoms with E-state index < -0.39 is 29.0 Å². The minimum absolute atomic E-state index is 0.0422. The highest BCUT2D eigenvalue weighted by atomic mass is 19.2. The third kappa shape index (κ3) is 6.27. The maximum absolute atomic E-state index is 15.7. The molecule has 2 N–H and O–H groups in total. The molecule has 1 aliphatic heterocycles. The number of pyridine rings is 1. The molecule has 1 aliphatic rings. The summed E-state index contributed by atoms with van der Waals surface area (Å²) in [5.74, 6) is -3.23. The summed E-state index contributed by atoms with van der Waals surface area (Å²) in [5, 5.41) is 20.7. The number of halogens is 4. The van der Waals surface area contributed by atoms with E-state index in [1.807, 2.05) is 0 Å². The number of hydrogen-bond acceptors (Lipinski definition) is 5. The van der Waals surface area contributed by atoms with E-state index in [4.69, 9.17) is 4.74 Å². The zero-order chi connectivity index (χ0) is 27.3. The van der Waals surface area contributed by atoms with Crippen molar-refractivity contribution >= 4 is 10.9 Å². The standard InChI is InChI=1S/C29H34F4N2O3/c1-38-21-4-5-26-22(15-21)27(20(17-36)16-34-26)23(30)6-7-29(18-37)8-11-35(12-9-29)10-2-3-19-13-24(31)28(33)25(32)14-19/h4-5,13-16,23,36-37H,2-3,6-12,17-18H2,1H3/t23-/m0/s1. The van der Waals surface area contributed by atoms with Crippen LogP contribution in [0, 0.1) is 22.9 Å². The maximum atomic E-state index is 15.7. The molecule has 1 atom stereocenters. The van der Waals surface area contributed by atoms with E-state index in [-0.39, 0.29) is 19.6 Å². The van der Waals surface area contributed by atoms with Crippen molar-refractivity contribution in [2.24, 2.45) is 5.41 Å². The molecule has 0 bridgehead atoms. The van der Waals surface area contributed by atoms with Gasteiger partial charge >= 0.3 is 0 Å². The molecule has 1 saturated heterocycles. The number of hydrogen-bond donors (Lipinski definition) is 2. The van der Waals surface area contributed by atoms with Crippen molar-refractivity contribution in [3.05, 3.63) is 70.7 Å². The van der Waals surface area contributed by atoms with Crippen LogP contribution in [0.4, 0.5) is 17.6 Å². The van der Waals surface area contributed by atoms with Gasteiger partial charge in [0.05, 0.1) is 19.2 Å². The van der Waals surface area contributed by atoms with Gasteiger partial charge in [-0.2, -0.15) is 0 Å². The van der Waals surface area contributed by atoms with Crippen molar-refractivity contribution in [1.82, 2.24) is 9.88 Å². The zero-order valence-corrected chi connectivity index (χ0v) is 21.5. The van der Waals surface area contributed by atoms with Crippen molar-refractivity contribution in [3.63, 3.8) is 0 Å². The van der Waals surface area contributed by atoms with E-state index in [1.54, 1.807) is 18.2 Å². The summed E-state index contributed by atoms with van der Waals surface area (Å²) in [6, 6.07) is 7.32. The maximum Gasteiger partial charge on any atom is 0.194 e. The Morgan fingerprint density at radius 1 is 1.08 bits per heavy atom. The second-order valence-electron chi connectivity index (χ2n) is 10.2. The van der Waals surface area contributed by atoms with E-state index in [2.05, 4.69) is 9.88 Å². The summed E-state index contributed by atoms with van der Waals surface area (Å²) in [4.78, 5) is 6.56. The van der Waals surface area contributed by atoms with E-state index in [0.29, 0.717) is 72.0 Å². The molecule has 3 aromatic rings. The molecule has 0 unspecified atom stereocenters. The fourth-order valence-corrected chi connectivity index (χ4v) is 5.43. The molecular weight excluding hydrogens is 500 g/mol. The number of fused-ring (bicyclic) bond motifs is 1. The molecule has 1 aromatic heterocycles. The summed E-state index contributed by atoms with van der Waals surface area (Å²) < 4.78 is 61.1. The number of piperidine rings is 1. The molecule has 0 amide bonds. The highest BCUT2D eigenvalue weighted by Gasteiger charge is 2.35. The highest BCUT2D eigenvalue weighted by molar-refractivity contribution is 5.85. The second kappa shape index (κ2) is 12.4. The van der Waals surface area contributed by atoms with Gasteiger partial charge in [0.25, 0.3) is 0 Å². The topological polar surface area (TPSA) is 65.8 Å². The first-order valence-corrected chi connectivity index (χ1v) is 13.0. The lowest BCUT2D eigenvalue weighted by Gasteiger charge is -2.41. The Balaban J connectivity index is 1.34. The molecular formula is C29H34F4N2O3. The van der Waals surface area contributed by atoms with E-state index >= 15 is 4.39 Å². The largest absolute Gasteiger partial charge is 0.497 e. The van der Waals surface area contributed by atoms with Crippen LogP contribution in [0.25, 0.3) is 10.9 Å². The highest BCUT2D eigenvalue weighted by Crippen LogP contribution is 2.41. The van der Waals surface area contributed by atoms with Gasteiger partial charge in [-0.25, -0.2) is 17.6 Å². The number of benzene rings is 2. The predicted octanol–water partition coefficient (Wildman–Crippen LogP) is 5.65. The van der Waals surface area contributed by atoms with Crippen molar-refractivity contribution in [3.8, 4) is 5.75 Å². The molecule has 4 rings (SSSR count). The number of aryl methyl sites for hydroxylation is 1. The van der Waals surface area contributed by atoms with Gasteiger partial charge in [-0.3, -0.25) is 4.98 Å². The van der Waals surface area contributed by atoms with Crippen LogP contribution in [0.15, 0.2) is 36.5 Å². The molecule has 0 saturated carbocycles. The molecule has 5 nitrogen and oxygen atoms in total. The van der Waals surface area contributed by atoms with Gasteiger partial charge in [-0.05, 0) is 99.5 Å². The number of nitrogens with zero attached hydrogens (tertiary/aromatic N) is 2. The number of methoxy groups -OCH3 is 1. The Hall–Kier alpha value is -2.75. The molecule has 206 valence electrons. The zero-order valence-electron chi connectivity index (χ0n) is 21.5. The first-order chi connectivity index (χ1) is 18.3. The quantitative estimate of drug-likeness (QED) is 0.246. The smallest absolute Gasteiger partial charge is 0.194 e. The van der Waals surface area contributed by atoms with Crippen LogP contribution < -0.4 is 4.74 Å². The van der Waals surface area contributed by atoms with Crippen LogP contribution in [-0.4, -0.2) is 53.4 Å². The number of alkyl halides is 1. The van der Waals surface area contributed by atoms with Crippen LogP contribution in [0.2, 0.25) is 0 Å². The number of aliphatic hydroxyl groups is 2. The Morgan fingerprint density at radius 2 is 1.79 bits per heavy atom. The molecule has 0 spiro atoms. The molecule has 9 heteroatoms. The first-order valence-electron chi connectivity index (χ1n) is 13.0. The Morgan fingerprint density at radius 3 is 2.42 bits per heavy atom. The number of rotatable bonds is 11. The van der Waals surface area contributed by atoms with Crippen molar-refractivity contribution in [1.29, 1.82) is 0 Å². The second-order valence-corrected chi connectivity index (χ2v) is 10.2. The fraction of sp³-hybridized carbons (Fsp3) is 0.483. The Kier molecular flexibility index (Phi) is 9.23. The first kappa shape index (κ1) is 28.3. The number of ether oxygens (including phenoxy) is 1. The van der Waals surface area contributed by atoms with Crippen LogP contribution in [0.5, 0.6) is 5.75 Å². The summed E-state index contributed by atoms with van der Waals surface area (Å²) in [7, 11) is 1.54. The van der Waals surface area contributed by atoms with Crippen LogP contribution >= 0.6 is 0 Å². The van der Waals surface area contributed by atoms with E-state index in [9.17, 15) is 23.4 Å². The number of aliphatic hydroxyl groups excluding tert-OH is 2. The molecule has 2 heterocycles. The summed E-state index contributed by atoms with van der Waals surface area (Å²) in [6.07, 6.45) is 3.35. The van der Waals surface area contributed by atoms with Gasteiger partial charge in [-0.1, -0.05) is 0 Å². The van der Waals surface area contributed by atoms with Crippen molar-refractivity contribution in [2.45, 2.75) is 51.3 Å². The van der Waals surface area contributed by atoms with Crippen molar-refractivity contribution < 1.29 is 32.5 Å². The minimum atomic E-state index is -1.45. The van der Waals surface area contributed by atoms with Gasteiger partial charge in [-0.15, -0.1) is 0 Å². The Labute approximate surface area is 220 Å².